The van der Waals surface area contributed by atoms with Gasteiger partial charge in [0.05, 0.1) is 12.5 Å². The maximum absolute atomic E-state index is 12.0. The standard InChI is InChI=1S/C18H28O2/c19-17(16-3-1-2-4-16)20-6-5-18-10-13-7-14(11-18)9-15(8-13)12-18/h13-16H,1-12H2. The first-order valence-corrected chi connectivity index (χ1v) is 8.89. The van der Waals surface area contributed by atoms with Gasteiger partial charge in [-0.05, 0) is 81.0 Å². The van der Waals surface area contributed by atoms with Crippen LogP contribution in [0.15, 0.2) is 0 Å². The highest BCUT2D eigenvalue weighted by molar-refractivity contribution is 5.72. The molecule has 5 rings (SSSR count). The summed E-state index contributed by atoms with van der Waals surface area (Å²) in [5.41, 5.74) is 0.560. The molecule has 0 heterocycles. The van der Waals surface area contributed by atoms with Crippen LogP contribution in [0.2, 0.25) is 0 Å². The highest BCUT2D eigenvalue weighted by Gasteiger charge is 2.50. The molecule has 2 nitrogen and oxygen atoms in total. The Bertz CT molecular complexity index is 346. The Morgan fingerprint density at radius 1 is 0.950 bits per heavy atom. The monoisotopic (exact) mass is 276 g/mol. The van der Waals surface area contributed by atoms with Crippen LogP contribution in [0.4, 0.5) is 0 Å². The Hall–Kier alpha value is -0.530. The fraction of sp³-hybridized carbons (Fsp3) is 0.944. The maximum atomic E-state index is 12.0. The minimum Gasteiger partial charge on any atom is -0.465 e. The molecule has 5 fully saturated rings. The summed E-state index contributed by atoms with van der Waals surface area (Å²) in [4.78, 5) is 12.0. The van der Waals surface area contributed by atoms with Gasteiger partial charge in [0.2, 0.25) is 0 Å². The van der Waals surface area contributed by atoms with E-state index < -0.39 is 0 Å². The number of ether oxygens (including phenoxy) is 1. The molecule has 4 bridgehead atoms. The third-order valence-corrected chi connectivity index (χ3v) is 6.73. The average Bonchev–Trinajstić information content (AvgIpc) is 2.90. The fourth-order valence-electron chi connectivity index (χ4n) is 6.24. The summed E-state index contributed by atoms with van der Waals surface area (Å²) in [6, 6.07) is 0. The van der Waals surface area contributed by atoms with Crippen LogP contribution in [0.3, 0.4) is 0 Å². The van der Waals surface area contributed by atoms with Crippen LogP contribution in [0, 0.1) is 29.1 Å². The zero-order valence-electron chi connectivity index (χ0n) is 12.6. The maximum Gasteiger partial charge on any atom is 0.308 e. The summed E-state index contributed by atoms with van der Waals surface area (Å²) in [5.74, 6) is 3.35. The molecule has 0 radical (unpaired) electrons. The van der Waals surface area contributed by atoms with Crippen LogP contribution in [-0.2, 0) is 9.53 Å². The molecule has 5 saturated carbocycles. The van der Waals surface area contributed by atoms with Crippen LogP contribution in [0.1, 0.15) is 70.6 Å². The highest BCUT2D eigenvalue weighted by Crippen LogP contribution is 2.61. The molecule has 0 amide bonds. The molecule has 112 valence electrons. The smallest absolute Gasteiger partial charge is 0.308 e. The number of carbonyl (C=O) groups is 1. The Kier molecular flexibility index (Phi) is 3.31. The molecule has 0 N–H and O–H groups in total. The quantitative estimate of drug-likeness (QED) is 0.715. The van der Waals surface area contributed by atoms with Crippen LogP contribution in [-0.4, -0.2) is 12.6 Å². The third kappa shape index (κ3) is 2.40. The highest BCUT2D eigenvalue weighted by atomic mass is 16.5. The van der Waals surface area contributed by atoms with Gasteiger partial charge >= 0.3 is 5.97 Å². The normalized spacial score (nSPS) is 43.1. The lowest BCUT2D eigenvalue weighted by molar-refractivity contribution is -0.150. The molecule has 0 unspecified atom stereocenters. The second-order valence-electron chi connectivity index (χ2n) is 8.32. The minimum absolute atomic E-state index is 0.104. The summed E-state index contributed by atoms with van der Waals surface area (Å²) < 4.78 is 5.63. The second-order valence-corrected chi connectivity index (χ2v) is 8.32. The number of hydrogen-bond acceptors (Lipinski definition) is 2. The van der Waals surface area contributed by atoms with Gasteiger partial charge in [0.1, 0.15) is 0 Å². The van der Waals surface area contributed by atoms with Crippen molar-refractivity contribution >= 4 is 5.97 Å². The lowest BCUT2D eigenvalue weighted by Crippen LogP contribution is -2.46. The predicted octanol–water partition coefficient (Wildman–Crippen LogP) is 4.33. The van der Waals surface area contributed by atoms with Crippen molar-refractivity contribution in [3.8, 4) is 0 Å². The first-order valence-electron chi connectivity index (χ1n) is 8.89. The molecule has 20 heavy (non-hydrogen) atoms. The number of carbonyl (C=O) groups excluding carboxylic acids is 1. The van der Waals surface area contributed by atoms with Gasteiger partial charge in [-0.2, -0.15) is 0 Å². The Labute approximate surface area is 122 Å². The molecule has 0 aliphatic heterocycles. The zero-order valence-corrected chi connectivity index (χ0v) is 12.6. The second kappa shape index (κ2) is 5.03. The van der Waals surface area contributed by atoms with Gasteiger partial charge in [0.25, 0.3) is 0 Å². The Balaban J connectivity index is 1.30. The summed E-state index contributed by atoms with van der Waals surface area (Å²) in [7, 11) is 0. The van der Waals surface area contributed by atoms with Crippen LogP contribution < -0.4 is 0 Å². The van der Waals surface area contributed by atoms with Crippen molar-refractivity contribution in [2.24, 2.45) is 29.1 Å². The van der Waals surface area contributed by atoms with Crippen LogP contribution in [0.5, 0.6) is 0 Å². The van der Waals surface area contributed by atoms with Crippen LogP contribution in [0.25, 0.3) is 0 Å². The Morgan fingerprint density at radius 2 is 1.50 bits per heavy atom. The van der Waals surface area contributed by atoms with E-state index in [4.69, 9.17) is 4.74 Å². The number of rotatable bonds is 4. The SMILES string of the molecule is O=C(OCCC12CC3CC(CC(C3)C1)C2)C1CCCC1. The van der Waals surface area contributed by atoms with E-state index in [0.29, 0.717) is 12.0 Å². The van der Waals surface area contributed by atoms with Crippen molar-refractivity contribution in [3.63, 3.8) is 0 Å². The van der Waals surface area contributed by atoms with Gasteiger partial charge in [-0.25, -0.2) is 0 Å². The van der Waals surface area contributed by atoms with E-state index in [1.807, 2.05) is 0 Å². The molecule has 5 aliphatic rings. The topological polar surface area (TPSA) is 26.3 Å². The summed E-state index contributed by atoms with van der Waals surface area (Å²) in [5, 5.41) is 0. The van der Waals surface area contributed by atoms with Crippen LogP contribution >= 0.6 is 0 Å². The Morgan fingerprint density at radius 3 is 2.05 bits per heavy atom. The predicted molar refractivity (Wildman–Crippen MR) is 78.1 cm³/mol. The lowest BCUT2D eigenvalue weighted by Gasteiger charge is -2.57. The van der Waals surface area contributed by atoms with E-state index >= 15 is 0 Å². The van der Waals surface area contributed by atoms with Gasteiger partial charge in [0.15, 0.2) is 0 Å². The van der Waals surface area contributed by atoms with E-state index in [0.717, 1.165) is 37.0 Å². The molecular weight excluding hydrogens is 248 g/mol. The van der Waals surface area contributed by atoms with Crippen molar-refractivity contribution < 1.29 is 9.53 Å². The van der Waals surface area contributed by atoms with E-state index in [9.17, 15) is 4.79 Å². The van der Waals surface area contributed by atoms with Gasteiger partial charge in [-0.1, -0.05) is 12.8 Å². The van der Waals surface area contributed by atoms with Gasteiger partial charge in [-0.3, -0.25) is 4.79 Å². The molecule has 0 saturated heterocycles. The summed E-state index contributed by atoms with van der Waals surface area (Å²) in [6.07, 6.45) is 14.5. The van der Waals surface area contributed by atoms with Gasteiger partial charge in [0, 0.05) is 0 Å². The van der Waals surface area contributed by atoms with Gasteiger partial charge < -0.3 is 4.74 Å². The molecule has 5 aliphatic carbocycles. The first-order chi connectivity index (χ1) is 9.72. The molecular formula is C18H28O2. The van der Waals surface area contributed by atoms with Crippen molar-refractivity contribution in [2.45, 2.75) is 70.6 Å². The van der Waals surface area contributed by atoms with Crippen molar-refractivity contribution in [3.05, 3.63) is 0 Å². The number of hydrogen-bond donors (Lipinski definition) is 0. The largest absolute Gasteiger partial charge is 0.465 e. The minimum atomic E-state index is 0.104. The average molecular weight is 276 g/mol. The number of esters is 1. The summed E-state index contributed by atoms with van der Waals surface area (Å²) >= 11 is 0. The van der Waals surface area contributed by atoms with Gasteiger partial charge in [-0.15, -0.1) is 0 Å². The molecule has 2 heteroatoms. The van der Waals surface area contributed by atoms with E-state index in [-0.39, 0.29) is 11.9 Å². The first kappa shape index (κ1) is 13.2. The molecule has 0 atom stereocenters. The van der Waals surface area contributed by atoms with Crippen molar-refractivity contribution in [1.29, 1.82) is 0 Å². The van der Waals surface area contributed by atoms with E-state index in [2.05, 4.69) is 0 Å². The van der Waals surface area contributed by atoms with E-state index in [1.54, 1.807) is 0 Å². The van der Waals surface area contributed by atoms with E-state index in [1.165, 1.54) is 51.4 Å². The third-order valence-electron chi connectivity index (χ3n) is 6.73. The molecule has 0 aromatic carbocycles. The zero-order chi connectivity index (χ0) is 13.6. The molecule has 0 spiro atoms. The lowest BCUT2D eigenvalue weighted by atomic mass is 9.49. The van der Waals surface area contributed by atoms with Crippen molar-refractivity contribution in [2.75, 3.05) is 6.61 Å². The summed E-state index contributed by atoms with van der Waals surface area (Å²) in [6.45, 7) is 0.696. The fourth-order valence-corrected chi connectivity index (χ4v) is 6.24. The molecule has 0 aromatic heterocycles. The molecule has 0 aromatic rings. The van der Waals surface area contributed by atoms with Crippen molar-refractivity contribution in [1.82, 2.24) is 0 Å².